The number of hydrogen-bond donors (Lipinski definition) is 2. The summed E-state index contributed by atoms with van der Waals surface area (Å²) >= 11 is 6.19. The van der Waals surface area contributed by atoms with Gasteiger partial charge in [0.05, 0.1) is 6.42 Å². The number of amides is 1. The Labute approximate surface area is 168 Å². The highest BCUT2D eigenvalue weighted by atomic mass is 35.5. The molecule has 3 heterocycles. The minimum Gasteiger partial charge on any atom is -0.361 e. The van der Waals surface area contributed by atoms with Gasteiger partial charge in [0, 0.05) is 52.3 Å². The van der Waals surface area contributed by atoms with Gasteiger partial charge < -0.3 is 14.9 Å². The second kappa shape index (κ2) is 7.02. The highest BCUT2D eigenvalue weighted by Crippen LogP contribution is 2.34. The second-order valence-electron chi connectivity index (χ2n) is 7.63. The summed E-state index contributed by atoms with van der Waals surface area (Å²) in [5.41, 5.74) is 4.61. The van der Waals surface area contributed by atoms with E-state index in [-0.39, 0.29) is 5.91 Å². The van der Waals surface area contributed by atoms with Gasteiger partial charge in [0.2, 0.25) is 5.91 Å². The lowest BCUT2D eigenvalue weighted by molar-refractivity contribution is -0.131. The molecule has 2 aromatic heterocycles. The van der Waals surface area contributed by atoms with Gasteiger partial charge in [-0.25, -0.2) is 0 Å². The fraction of sp³-hybridized carbons (Fsp3) is 0.261. The van der Waals surface area contributed by atoms with Gasteiger partial charge in [-0.3, -0.25) is 4.79 Å². The van der Waals surface area contributed by atoms with Crippen molar-refractivity contribution in [3.63, 3.8) is 0 Å². The number of piperidine rings is 1. The molecule has 0 radical (unpaired) electrons. The molecular weight excluding hydrogens is 370 g/mol. The largest absolute Gasteiger partial charge is 0.361 e. The summed E-state index contributed by atoms with van der Waals surface area (Å²) in [5.74, 6) is 0.675. The number of benzene rings is 2. The van der Waals surface area contributed by atoms with Crippen LogP contribution < -0.4 is 0 Å². The first-order valence-corrected chi connectivity index (χ1v) is 10.2. The van der Waals surface area contributed by atoms with Crippen molar-refractivity contribution in [1.82, 2.24) is 14.9 Å². The molecule has 28 heavy (non-hydrogen) atoms. The van der Waals surface area contributed by atoms with E-state index >= 15 is 0 Å². The molecular formula is C23H22ClN3O. The highest BCUT2D eigenvalue weighted by molar-refractivity contribution is 6.31. The van der Waals surface area contributed by atoms with Crippen LogP contribution >= 0.6 is 11.6 Å². The number of H-pyrrole nitrogens is 2. The van der Waals surface area contributed by atoms with Crippen molar-refractivity contribution in [1.29, 1.82) is 0 Å². The Morgan fingerprint density at radius 2 is 1.75 bits per heavy atom. The van der Waals surface area contributed by atoms with Crippen molar-refractivity contribution in [2.24, 2.45) is 0 Å². The highest BCUT2D eigenvalue weighted by Gasteiger charge is 2.26. The number of fused-ring (bicyclic) bond motifs is 2. The molecule has 1 saturated heterocycles. The summed E-state index contributed by atoms with van der Waals surface area (Å²) in [7, 11) is 0. The predicted octanol–water partition coefficient (Wildman–Crippen LogP) is 5.25. The Balaban J connectivity index is 1.27. The van der Waals surface area contributed by atoms with Crippen LogP contribution in [0.3, 0.4) is 0 Å². The molecule has 0 aliphatic carbocycles. The Morgan fingerprint density at radius 1 is 1.00 bits per heavy atom. The molecule has 2 N–H and O–H groups in total. The van der Waals surface area contributed by atoms with Crippen LogP contribution in [0.1, 0.15) is 29.9 Å². The molecule has 1 fully saturated rings. The molecule has 0 spiro atoms. The lowest BCUT2D eigenvalue weighted by Crippen LogP contribution is -2.38. The number of aromatic amines is 2. The molecule has 1 amide bonds. The van der Waals surface area contributed by atoms with Crippen LogP contribution in [0.25, 0.3) is 21.8 Å². The van der Waals surface area contributed by atoms with Gasteiger partial charge in [-0.15, -0.1) is 0 Å². The summed E-state index contributed by atoms with van der Waals surface area (Å²) < 4.78 is 0. The maximum absolute atomic E-state index is 12.8. The van der Waals surface area contributed by atoms with Crippen molar-refractivity contribution in [2.45, 2.75) is 25.2 Å². The number of likely N-dealkylation sites (tertiary alicyclic amines) is 1. The molecule has 2 aromatic carbocycles. The van der Waals surface area contributed by atoms with E-state index in [9.17, 15) is 4.79 Å². The molecule has 0 atom stereocenters. The van der Waals surface area contributed by atoms with Gasteiger partial charge in [-0.05, 0) is 54.2 Å². The number of carbonyl (C=O) groups excluding carboxylic acids is 1. The van der Waals surface area contributed by atoms with Crippen LogP contribution in [0.4, 0.5) is 0 Å². The number of aromatic nitrogens is 2. The number of nitrogens with zero attached hydrogens (tertiary/aromatic N) is 1. The lowest BCUT2D eigenvalue weighted by atomic mass is 9.89. The molecule has 4 aromatic rings. The van der Waals surface area contributed by atoms with Crippen molar-refractivity contribution in [3.8, 4) is 0 Å². The van der Waals surface area contributed by atoms with Crippen molar-refractivity contribution < 1.29 is 4.79 Å². The molecule has 142 valence electrons. The third-order valence-corrected chi connectivity index (χ3v) is 6.21. The standard InChI is InChI=1S/C23H22ClN3O/c24-17-5-6-22-19(12-17)20(14-26-22)15-7-9-27(10-8-15)23(28)11-16-13-25-21-4-2-1-3-18(16)21/h1-6,12-15,25-26H,7-11H2. The predicted molar refractivity (Wildman–Crippen MR) is 114 cm³/mol. The van der Waals surface area contributed by atoms with Crippen LogP contribution in [-0.2, 0) is 11.2 Å². The molecule has 0 saturated carbocycles. The van der Waals surface area contributed by atoms with E-state index in [1.54, 1.807) is 0 Å². The number of carbonyl (C=O) groups is 1. The van der Waals surface area contributed by atoms with Crippen molar-refractivity contribution >= 4 is 39.3 Å². The molecule has 4 nitrogen and oxygen atoms in total. The first kappa shape index (κ1) is 17.4. The van der Waals surface area contributed by atoms with Gasteiger partial charge >= 0.3 is 0 Å². The normalized spacial score (nSPS) is 15.5. The van der Waals surface area contributed by atoms with Gasteiger partial charge in [-0.1, -0.05) is 29.8 Å². The SMILES string of the molecule is O=C(Cc1c[nH]c2ccccc12)N1CCC(c2c[nH]c3ccc(Cl)cc23)CC1. The smallest absolute Gasteiger partial charge is 0.227 e. The fourth-order valence-corrected chi connectivity index (χ4v) is 4.62. The summed E-state index contributed by atoms with van der Waals surface area (Å²) in [5, 5.41) is 3.11. The molecule has 0 unspecified atom stereocenters. The first-order chi connectivity index (χ1) is 13.7. The average Bonchev–Trinajstić information content (AvgIpc) is 3.32. The third-order valence-electron chi connectivity index (χ3n) is 5.98. The van der Waals surface area contributed by atoms with Crippen LogP contribution in [0.5, 0.6) is 0 Å². The summed E-state index contributed by atoms with van der Waals surface area (Å²) in [6.45, 7) is 1.61. The maximum Gasteiger partial charge on any atom is 0.227 e. The molecule has 5 rings (SSSR count). The Bertz CT molecular complexity index is 1150. The number of nitrogens with one attached hydrogen (secondary N) is 2. The van der Waals surface area contributed by atoms with Gasteiger partial charge in [0.25, 0.3) is 0 Å². The average molecular weight is 392 g/mol. The zero-order valence-corrected chi connectivity index (χ0v) is 16.3. The Hall–Kier alpha value is -2.72. The number of hydrogen-bond acceptors (Lipinski definition) is 1. The van der Waals surface area contributed by atoms with E-state index < -0.39 is 0 Å². The van der Waals surface area contributed by atoms with E-state index in [4.69, 9.17) is 11.6 Å². The van der Waals surface area contributed by atoms with E-state index in [0.717, 1.165) is 52.9 Å². The fourth-order valence-electron chi connectivity index (χ4n) is 4.44. The van der Waals surface area contributed by atoms with Crippen LogP contribution in [0, 0.1) is 0 Å². The van der Waals surface area contributed by atoms with E-state index in [1.165, 1.54) is 10.9 Å². The topological polar surface area (TPSA) is 51.9 Å². The zero-order valence-electron chi connectivity index (χ0n) is 15.5. The minimum atomic E-state index is 0.213. The van der Waals surface area contributed by atoms with Gasteiger partial charge in [0.15, 0.2) is 0 Å². The summed E-state index contributed by atoms with van der Waals surface area (Å²) in [4.78, 5) is 21.5. The minimum absolute atomic E-state index is 0.213. The van der Waals surface area contributed by atoms with E-state index in [2.05, 4.69) is 22.2 Å². The molecule has 0 bridgehead atoms. The lowest BCUT2D eigenvalue weighted by Gasteiger charge is -2.32. The van der Waals surface area contributed by atoms with E-state index in [1.807, 2.05) is 47.5 Å². The molecule has 1 aliphatic rings. The van der Waals surface area contributed by atoms with Crippen molar-refractivity contribution in [2.75, 3.05) is 13.1 Å². The van der Waals surface area contributed by atoms with Crippen LogP contribution in [0.2, 0.25) is 5.02 Å². The quantitative estimate of drug-likeness (QED) is 0.492. The summed E-state index contributed by atoms with van der Waals surface area (Å²) in [6, 6.07) is 14.1. The third kappa shape index (κ3) is 3.08. The maximum atomic E-state index is 12.8. The van der Waals surface area contributed by atoms with Crippen molar-refractivity contribution in [3.05, 3.63) is 71.0 Å². The van der Waals surface area contributed by atoms with E-state index in [0.29, 0.717) is 12.3 Å². The van der Waals surface area contributed by atoms with Gasteiger partial charge in [0.1, 0.15) is 0 Å². The zero-order chi connectivity index (χ0) is 19.1. The number of para-hydroxylation sites is 1. The van der Waals surface area contributed by atoms with Gasteiger partial charge in [-0.2, -0.15) is 0 Å². The summed E-state index contributed by atoms with van der Waals surface area (Å²) in [6.07, 6.45) is 6.50. The number of rotatable bonds is 3. The number of halogens is 1. The monoisotopic (exact) mass is 391 g/mol. The van der Waals surface area contributed by atoms with Crippen LogP contribution in [0.15, 0.2) is 54.9 Å². The Morgan fingerprint density at radius 3 is 2.61 bits per heavy atom. The molecule has 5 heteroatoms. The van der Waals surface area contributed by atoms with Crippen LogP contribution in [-0.4, -0.2) is 33.9 Å². The molecule has 1 aliphatic heterocycles. The Kier molecular flexibility index (Phi) is 4.36. The second-order valence-corrected chi connectivity index (χ2v) is 8.06. The first-order valence-electron chi connectivity index (χ1n) is 9.78.